The molecule has 3 unspecified atom stereocenters. The Bertz CT molecular complexity index is 246. The molecule has 17 heavy (non-hydrogen) atoms. The van der Waals surface area contributed by atoms with E-state index in [1.54, 1.807) is 0 Å². The minimum atomic E-state index is 0.221. The number of ether oxygens (including phenoxy) is 1. The van der Waals surface area contributed by atoms with Gasteiger partial charge < -0.3 is 10.5 Å². The van der Waals surface area contributed by atoms with Crippen molar-refractivity contribution in [2.24, 2.45) is 5.73 Å². The predicted octanol–water partition coefficient (Wildman–Crippen LogP) is 2.15. The molecule has 0 saturated carbocycles. The zero-order valence-electron chi connectivity index (χ0n) is 11.5. The van der Waals surface area contributed by atoms with Crippen molar-refractivity contribution in [2.45, 2.75) is 70.1 Å². The number of hydrogen-bond acceptors (Lipinski definition) is 3. The lowest BCUT2D eigenvalue weighted by atomic mass is 9.81. The van der Waals surface area contributed by atoms with Crippen molar-refractivity contribution in [3.05, 3.63) is 0 Å². The Morgan fingerprint density at radius 3 is 2.88 bits per heavy atom. The molecule has 100 valence electrons. The molecule has 2 fully saturated rings. The fraction of sp³-hybridized carbons (Fsp3) is 1.00. The lowest BCUT2D eigenvalue weighted by Gasteiger charge is -2.52. The summed E-state index contributed by atoms with van der Waals surface area (Å²) in [6.45, 7) is 7.49. The van der Waals surface area contributed by atoms with Gasteiger partial charge in [-0.2, -0.15) is 0 Å². The van der Waals surface area contributed by atoms with Gasteiger partial charge in [-0.05, 0) is 45.6 Å². The van der Waals surface area contributed by atoms with Crippen LogP contribution < -0.4 is 5.73 Å². The van der Waals surface area contributed by atoms with Gasteiger partial charge in [-0.3, -0.25) is 4.90 Å². The molecular formula is C14H28N2O. The van der Waals surface area contributed by atoms with Crippen molar-refractivity contribution in [1.82, 2.24) is 4.90 Å². The number of nitrogens with zero attached hydrogens (tertiary/aromatic N) is 1. The molecule has 0 aromatic carbocycles. The van der Waals surface area contributed by atoms with Gasteiger partial charge in [0.25, 0.3) is 0 Å². The Morgan fingerprint density at radius 2 is 2.24 bits per heavy atom. The van der Waals surface area contributed by atoms with Gasteiger partial charge in [0.2, 0.25) is 0 Å². The molecule has 0 amide bonds. The molecule has 0 aliphatic carbocycles. The lowest BCUT2D eigenvalue weighted by Crippen LogP contribution is -2.62. The summed E-state index contributed by atoms with van der Waals surface area (Å²) in [5.74, 6) is 0. The van der Waals surface area contributed by atoms with E-state index < -0.39 is 0 Å². The first-order valence-corrected chi connectivity index (χ1v) is 7.30. The SMILES string of the molecule is CCC1CC(CN)(N2CCCCC2C)CCO1. The largest absolute Gasteiger partial charge is 0.378 e. The minimum Gasteiger partial charge on any atom is -0.378 e. The van der Waals surface area contributed by atoms with Crippen molar-refractivity contribution >= 4 is 0 Å². The summed E-state index contributed by atoms with van der Waals surface area (Å²) >= 11 is 0. The third kappa shape index (κ3) is 2.67. The summed E-state index contributed by atoms with van der Waals surface area (Å²) in [6.07, 6.45) is 7.83. The second-order valence-electron chi connectivity index (χ2n) is 5.82. The zero-order chi connectivity index (χ0) is 12.3. The van der Waals surface area contributed by atoms with Gasteiger partial charge in [0.15, 0.2) is 0 Å². The molecule has 3 heteroatoms. The van der Waals surface area contributed by atoms with Gasteiger partial charge >= 0.3 is 0 Å². The van der Waals surface area contributed by atoms with Crippen LogP contribution in [0.15, 0.2) is 0 Å². The highest BCUT2D eigenvalue weighted by Gasteiger charge is 2.42. The van der Waals surface area contributed by atoms with Crippen LogP contribution in [-0.2, 0) is 4.74 Å². The third-order valence-electron chi connectivity index (χ3n) is 4.78. The Morgan fingerprint density at radius 1 is 1.41 bits per heavy atom. The van der Waals surface area contributed by atoms with Crippen molar-refractivity contribution < 1.29 is 4.74 Å². The first kappa shape index (κ1) is 13.3. The van der Waals surface area contributed by atoms with Crippen molar-refractivity contribution in [1.29, 1.82) is 0 Å². The number of rotatable bonds is 3. The molecule has 0 aromatic heterocycles. The van der Waals surface area contributed by atoms with E-state index in [-0.39, 0.29) is 5.54 Å². The van der Waals surface area contributed by atoms with Crippen LogP contribution in [0.3, 0.4) is 0 Å². The number of nitrogens with two attached hydrogens (primary N) is 1. The minimum absolute atomic E-state index is 0.221. The topological polar surface area (TPSA) is 38.5 Å². The van der Waals surface area contributed by atoms with Gasteiger partial charge in [0, 0.05) is 24.7 Å². The number of piperidine rings is 1. The van der Waals surface area contributed by atoms with E-state index in [1.807, 2.05) is 0 Å². The van der Waals surface area contributed by atoms with Gasteiger partial charge in [0.05, 0.1) is 6.10 Å². The number of likely N-dealkylation sites (tertiary alicyclic amines) is 1. The van der Waals surface area contributed by atoms with Crippen LogP contribution in [0.2, 0.25) is 0 Å². The zero-order valence-corrected chi connectivity index (χ0v) is 11.5. The Hall–Kier alpha value is -0.120. The highest BCUT2D eigenvalue weighted by atomic mass is 16.5. The van der Waals surface area contributed by atoms with Crippen LogP contribution in [-0.4, -0.2) is 42.3 Å². The van der Waals surface area contributed by atoms with Crippen LogP contribution in [0.5, 0.6) is 0 Å². The molecule has 2 heterocycles. The van der Waals surface area contributed by atoms with Crippen molar-refractivity contribution in [2.75, 3.05) is 19.7 Å². The van der Waals surface area contributed by atoms with E-state index in [0.29, 0.717) is 12.1 Å². The van der Waals surface area contributed by atoms with E-state index in [4.69, 9.17) is 10.5 Å². The van der Waals surface area contributed by atoms with Gasteiger partial charge in [-0.1, -0.05) is 13.3 Å². The molecule has 0 bridgehead atoms. The molecule has 0 aromatic rings. The van der Waals surface area contributed by atoms with Crippen LogP contribution in [0.25, 0.3) is 0 Å². The van der Waals surface area contributed by atoms with Gasteiger partial charge in [0.1, 0.15) is 0 Å². The van der Waals surface area contributed by atoms with Gasteiger partial charge in [-0.25, -0.2) is 0 Å². The van der Waals surface area contributed by atoms with E-state index in [2.05, 4.69) is 18.7 Å². The molecule has 2 aliphatic rings. The molecule has 2 aliphatic heterocycles. The van der Waals surface area contributed by atoms with E-state index in [9.17, 15) is 0 Å². The summed E-state index contributed by atoms with van der Waals surface area (Å²) in [6, 6.07) is 0.697. The van der Waals surface area contributed by atoms with Crippen LogP contribution in [0, 0.1) is 0 Å². The molecule has 2 rings (SSSR count). The van der Waals surface area contributed by atoms with Crippen LogP contribution in [0.1, 0.15) is 52.4 Å². The molecule has 3 nitrogen and oxygen atoms in total. The maximum Gasteiger partial charge on any atom is 0.0590 e. The van der Waals surface area contributed by atoms with Crippen LogP contribution in [0.4, 0.5) is 0 Å². The van der Waals surface area contributed by atoms with Crippen molar-refractivity contribution in [3.8, 4) is 0 Å². The first-order chi connectivity index (χ1) is 8.22. The summed E-state index contributed by atoms with van der Waals surface area (Å²) < 4.78 is 5.83. The normalized spacial score (nSPS) is 40.4. The first-order valence-electron chi connectivity index (χ1n) is 7.30. The lowest BCUT2D eigenvalue weighted by molar-refractivity contribution is -0.0894. The Kier molecular flexibility index (Phi) is 4.45. The quantitative estimate of drug-likeness (QED) is 0.821. The fourth-order valence-electron chi connectivity index (χ4n) is 3.63. The molecular weight excluding hydrogens is 212 g/mol. The predicted molar refractivity (Wildman–Crippen MR) is 71.1 cm³/mol. The maximum atomic E-state index is 6.15. The highest BCUT2D eigenvalue weighted by Crippen LogP contribution is 2.35. The maximum absolute atomic E-state index is 6.15. The highest BCUT2D eigenvalue weighted by molar-refractivity contribution is 4.99. The molecule has 2 N–H and O–H groups in total. The standard InChI is InChI=1S/C14H28N2O/c1-3-13-10-14(11-15,7-9-17-13)16-8-5-4-6-12(16)2/h12-13H,3-11,15H2,1-2H3. The number of hydrogen-bond donors (Lipinski definition) is 1. The average molecular weight is 240 g/mol. The average Bonchev–Trinajstić information content (AvgIpc) is 2.39. The monoisotopic (exact) mass is 240 g/mol. The summed E-state index contributed by atoms with van der Waals surface area (Å²) in [7, 11) is 0. The van der Waals surface area contributed by atoms with E-state index in [0.717, 1.165) is 32.4 Å². The second kappa shape index (κ2) is 5.68. The van der Waals surface area contributed by atoms with Crippen molar-refractivity contribution in [3.63, 3.8) is 0 Å². The molecule has 3 atom stereocenters. The summed E-state index contributed by atoms with van der Waals surface area (Å²) in [5, 5.41) is 0. The fourth-order valence-corrected chi connectivity index (χ4v) is 3.63. The molecule has 0 radical (unpaired) electrons. The Labute approximate surface area is 106 Å². The van der Waals surface area contributed by atoms with E-state index in [1.165, 1.54) is 25.8 Å². The smallest absolute Gasteiger partial charge is 0.0590 e. The molecule has 2 saturated heterocycles. The molecule has 0 spiro atoms. The van der Waals surface area contributed by atoms with Crippen LogP contribution >= 0.6 is 0 Å². The van der Waals surface area contributed by atoms with E-state index >= 15 is 0 Å². The summed E-state index contributed by atoms with van der Waals surface area (Å²) in [5.41, 5.74) is 6.37. The Balaban J connectivity index is 2.11. The summed E-state index contributed by atoms with van der Waals surface area (Å²) in [4.78, 5) is 2.70. The second-order valence-corrected chi connectivity index (χ2v) is 5.82. The third-order valence-corrected chi connectivity index (χ3v) is 4.78. The van der Waals surface area contributed by atoms with Gasteiger partial charge in [-0.15, -0.1) is 0 Å².